The number of rotatable bonds is 6. The lowest BCUT2D eigenvalue weighted by atomic mass is 10.2. The molecule has 0 saturated carbocycles. The van der Waals surface area contributed by atoms with Gasteiger partial charge in [0.15, 0.2) is 5.15 Å². The minimum atomic E-state index is 0.212. The second-order valence-corrected chi connectivity index (χ2v) is 6.52. The van der Waals surface area contributed by atoms with E-state index in [1.807, 2.05) is 6.07 Å². The average molecular weight is 357 g/mol. The molecule has 0 bridgehead atoms. The van der Waals surface area contributed by atoms with Crippen LogP contribution in [0.4, 0.5) is 5.00 Å². The first kappa shape index (κ1) is 16.8. The maximum Gasteiger partial charge on any atom is 0.232 e. The molecular formula is C14H14Cl2N4OS. The van der Waals surface area contributed by atoms with Gasteiger partial charge in [-0.3, -0.25) is 0 Å². The van der Waals surface area contributed by atoms with Crippen LogP contribution in [-0.4, -0.2) is 16.0 Å². The van der Waals surface area contributed by atoms with Crippen LogP contribution in [0.5, 0.6) is 5.88 Å². The summed E-state index contributed by atoms with van der Waals surface area (Å²) >= 11 is 13.1. The van der Waals surface area contributed by atoms with Gasteiger partial charge in [0.2, 0.25) is 5.88 Å². The highest BCUT2D eigenvalue weighted by Gasteiger charge is 2.12. The molecule has 0 amide bonds. The van der Waals surface area contributed by atoms with Crippen molar-refractivity contribution < 1.29 is 4.74 Å². The molecule has 0 unspecified atom stereocenters. The molecule has 2 aromatic heterocycles. The third kappa shape index (κ3) is 4.23. The standard InChI is InChI=1S/C14H14Cl2N4OS/c1-8(2)7-21-13-11(15)3-9(5-18-13)6-19-14-10(4-17)12(16)20-22-14/h3,5,8,19H,6-7H2,1-2H3. The number of nitriles is 1. The monoisotopic (exact) mass is 356 g/mol. The van der Waals surface area contributed by atoms with Crippen molar-refractivity contribution in [2.45, 2.75) is 20.4 Å². The number of hydrogen-bond acceptors (Lipinski definition) is 6. The summed E-state index contributed by atoms with van der Waals surface area (Å²) in [6, 6.07) is 3.80. The number of nitrogens with zero attached hydrogens (tertiary/aromatic N) is 3. The zero-order chi connectivity index (χ0) is 16.1. The molecule has 0 aromatic carbocycles. The molecule has 0 radical (unpaired) electrons. The van der Waals surface area contributed by atoms with Crippen molar-refractivity contribution in [1.29, 1.82) is 5.26 Å². The van der Waals surface area contributed by atoms with Crippen LogP contribution >= 0.6 is 34.7 Å². The van der Waals surface area contributed by atoms with E-state index in [2.05, 4.69) is 28.5 Å². The van der Waals surface area contributed by atoms with Gasteiger partial charge in [0.25, 0.3) is 0 Å². The molecule has 0 spiro atoms. The van der Waals surface area contributed by atoms with Gasteiger partial charge in [-0.05, 0) is 29.1 Å². The summed E-state index contributed by atoms with van der Waals surface area (Å²) in [5.74, 6) is 0.831. The van der Waals surface area contributed by atoms with Gasteiger partial charge in [-0.25, -0.2) is 4.98 Å². The summed E-state index contributed by atoms with van der Waals surface area (Å²) in [5.41, 5.74) is 1.22. The third-order valence-corrected chi connectivity index (χ3v) is 4.08. The van der Waals surface area contributed by atoms with Crippen LogP contribution < -0.4 is 10.1 Å². The third-order valence-electron chi connectivity index (χ3n) is 2.63. The van der Waals surface area contributed by atoms with Crippen LogP contribution in [0.15, 0.2) is 12.3 Å². The van der Waals surface area contributed by atoms with E-state index < -0.39 is 0 Å². The van der Waals surface area contributed by atoms with Crippen molar-refractivity contribution in [2.24, 2.45) is 5.92 Å². The van der Waals surface area contributed by atoms with E-state index in [-0.39, 0.29) is 5.15 Å². The van der Waals surface area contributed by atoms with Crippen molar-refractivity contribution in [2.75, 3.05) is 11.9 Å². The molecule has 2 rings (SSSR count). The Hall–Kier alpha value is -1.55. The quantitative estimate of drug-likeness (QED) is 0.832. The first-order valence-electron chi connectivity index (χ1n) is 6.57. The second kappa shape index (κ2) is 7.63. The van der Waals surface area contributed by atoms with E-state index in [9.17, 15) is 0 Å². The molecule has 2 aromatic rings. The Bertz CT molecular complexity index is 697. The first-order chi connectivity index (χ1) is 10.5. The van der Waals surface area contributed by atoms with Crippen LogP contribution in [0.2, 0.25) is 10.2 Å². The Labute approximate surface area is 143 Å². The van der Waals surface area contributed by atoms with Gasteiger partial charge < -0.3 is 10.1 Å². The molecule has 116 valence electrons. The molecule has 0 atom stereocenters. The van der Waals surface area contributed by atoms with E-state index in [1.54, 1.807) is 12.3 Å². The minimum absolute atomic E-state index is 0.212. The van der Waals surface area contributed by atoms with Crippen LogP contribution in [0.25, 0.3) is 0 Å². The summed E-state index contributed by atoms with van der Waals surface area (Å²) < 4.78 is 9.46. The molecule has 0 saturated heterocycles. The number of nitrogens with one attached hydrogen (secondary N) is 1. The van der Waals surface area contributed by atoms with E-state index in [0.29, 0.717) is 40.5 Å². The number of halogens is 2. The van der Waals surface area contributed by atoms with E-state index >= 15 is 0 Å². The SMILES string of the molecule is CC(C)COc1ncc(CNc2snc(Cl)c2C#N)cc1Cl. The summed E-state index contributed by atoms with van der Waals surface area (Å²) in [7, 11) is 0. The number of anilines is 1. The highest BCUT2D eigenvalue weighted by atomic mass is 35.5. The number of pyridine rings is 1. The summed E-state index contributed by atoms with van der Waals surface area (Å²) in [4.78, 5) is 4.21. The van der Waals surface area contributed by atoms with E-state index in [1.165, 1.54) is 0 Å². The molecule has 5 nitrogen and oxygen atoms in total. The zero-order valence-electron chi connectivity index (χ0n) is 12.1. The van der Waals surface area contributed by atoms with Gasteiger partial charge >= 0.3 is 0 Å². The fourth-order valence-corrected chi connectivity index (χ4v) is 2.76. The van der Waals surface area contributed by atoms with Crippen molar-refractivity contribution in [3.05, 3.63) is 33.6 Å². The van der Waals surface area contributed by atoms with Crippen LogP contribution in [0.3, 0.4) is 0 Å². The molecule has 1 N–H and O–H groups in total. The maximum atomic E-state index is 9.01. The molecule has 0 fully saturated rings. The van der Waals surface area contributed by atoms with E-state index in [0.717, 1.165) is 17.1 Å². The van der Waals surface area contributed by atoms with Crippen molar-refractivity contribution in [3.63, 3.8) is 0 Å². The molecule has 8 heteroatoms. The average Bonchev–Trinajstić information content (AvgIpc) is 2.84. The second-order valence-electron chi connectivity index (χ2n) is 4.98. The number of ether oxygens (including phenoxy) is 1. The predicted octanol–water partition coefficient (Wildman–Crippen LogP) is 4.36. The van der Waals surface area contributed by atoms with Crippen LogP contribution in [-0.2, 0) is 6.54 Å². The first-order valence-corrected chi connectivity index (χ1v) is 8.10. The smallest absolute Gasteiger partial charge is 0.232 e. The normalized spacial score (nSPS) is 10.5. The summed E-state index contributed by atoms with van der Waals surface area (Å²) in [6.45, 7) is 5.14. The lowest BCUT2D eigenvalue weighted by Gasteiger charge is -2.10. The van der Waals surface area contributed by atoms with Gasteiger partial charge in [0, 0.05) is 12.7 Å². The zero-order valence-corrected chi connectivity index (χ0v) is 14.4. The Morgan fingerprint density at radius 2 is 2.23 bits per heavy atom. The Balaban J connectivity index is 2.02. The lowest BCUT2D eigenvalue weighted by Crippen LogP contribution is -2.07. The summed E-state index contributed by atoms with van der Waals surface area (Å²) in [6.07, 6.45) is 1.68. The molecule has 22 heavy (non-hydrogen) atoms. The lowest BCUT2D eigenvalue weighted by molar-refractivity contribution is 0.261. The van der Waals surface area contributed by atoms with Crippen molar-refractivity contribution in [1.82, 2.24) is 9.36 Å². The Kier molecular flexibility index (Phi) is 5.83. The fourth-order valence-electron chi connectivity index (χ4n) is 1.58. The van der Waals surface area contributed by atoms with Crippen molar-refractivity contribution >= 4 is 39.7 Å². The molecule has 2 heterocycles. The topological polar surface area (TPSA) is 70.8 Å². The largest absolute Gasteiger partial charge is 0.476 e. The van der Waals surface area contributed by atoms with Gasteiger partial charge in [-0.15, -0.1) is 0 Å². The Morgan fingerprint density at radius 1 is 1.45 bits per heavy atom. The van der Waals surface area contributed by atoms with Gasteiger partial charge in [-0.2, -0.15) is 9.64 Å². The maximum absolute atomic E-state index is 9.01. The van der Waals surface area contributed by atoms with E-state index in [4.69, 9.17) is 33.2 Å². The minimum Gasteiger partial charge on any atom is -0.476 e. The Morgan fingerprint density at radius 3 is 2.86 bits per heavy atom. The molecule has 0 aliphatic heterocycles. The highest BCUT2D eigenvalue weighted by molar-refractivity contribution is 7.10. The highest BCUT2D eigenvalue weighted by Crippen LogP contribution is 2.28. The van der Waals surface area contributed by atoms with Crippen LogP contribution in [0.1, 0.15) is 25.0 Å². The number of hydrogen-bond donors (Lipinski definition) is 1. The van der Waals surface area contributed by atoms with Crippen LogP contribution in [0, 0.1) is 17.2 Å². The molecular weight excluding hydrogens is 343 g/mol. The van der Waals surface area contributed by atoms with Gasteiger partial charge in [0.05, 0.1) is 6.61 Å². The number of aromatic nitrogens is 2. The molecule has 0 aliphatic carbocycles. The van der Waals surface area contributed by atoms with Crippen molar-refractivity contribution in [3.8, 4) is 11.9 Å². The summed E-state index contributed by atoms with van der Waals surface area (Å²) in [5, 5.41) is 13.4. The fraction of sp³-hybridized carbons (Fsp3) is 0.357. The van der Waals surface area contributed by atoms with Gasteiger partial charge in [-0.1, -0.05) is 37.0 Å². The van der Waals surface area contributed by atoms with Gasteiger partial charge in [0.1, 0.15) is 21.7 Å². The predicted molar refractivity (Wildman–Crippen MR) is 88.7 cm³/mol. The molecule has 0 aliphatic rings.